The molecule has 1 N–H and O–H groups in total. The van der Waals surface area contributed by atoms with Gasteiger partial charge in [-0.3, -0.25) is 0 Å². The number of imidazole rings is 1. The first-order valence-electron chi connectivity index (χ1n) is 8.47. The molecule has 2 aromatic heterocycles. The second kappa shape index (κ2) is 6.38. The third kappa shape index (κ3) is 2.70. The molecule has 26 heavy (non-hydrogen) atoms. The van der Waals surface area contributed by atoms with Crippen LogP contribution < -0.4 is 0 Å². The van der Waals surface area contributed by atoms with Gasteiger partial charge in [-0.15, -0.1) is 6.58 Å². The van der Waals surface area contributed by atoms with Crippen molar-refractivity contribution in [3.05, 3.63) is 78.3 Å². The topological polar surface area (TPSA) is 57.4 Å². The van der Waals surface area contributed by atoms with Crippen LogP contribution in [-0.4, -0.2) is 14.5 Å². The van der Waals surface area contributed by atoms with Gasteiger partial charge in [-0.2, -0.15) is 5.26 Å². The van der Waals surface area contributed by atoms with Crippen molar-refractivity contribution in [3.8, 4) is 6.07 Å². The van der Waals surface area contributed by atoms with Crippen LogP contribution in [0.3, 0.4) is 0 Å². The molecule has 0 bridgehead atoms. The lowest BCUT2D eigenvalue weighted by Gasteiger charge is -1.98. The maximum absolute atomic E-state index is 9.70. The van der Waals surface area contributed by atoms with Crippen LogP contribution in [0.5, 0.6) is 0 Å². The van der Waals surface area contributed by atoms with E-state index in [1.54, 1.807) is 0 Å². The summed E-state index contributed by atoms with van der Waals surface area (Å²) in [5.41, 5.74) is 5.59. The summed E-state index contributed by atoms with van der Waals surface area (Å²) in [5.74, 6) is 0.591. The highest BCUT2D eigenvalue weighted by Gasteiger charge is 2.11. The van der Waals surface area contributed by atoms with E-state index in [0.29, 0.717) is 11.4 Å². The Balaban J connectivity index is 1.86. The molecule has 0 amide bonds. The zero-order valence-corrected chi connectivity index (χ0v) is 14.5. The molecule has 0 aliphatic rings. The predicted octanol–water partition coefficient (Wildman–Crippen LogP) is 5.08. The van der Waals surface area contributed by atoms with Crippen LogP contribution >= 0.6 is 0 Å². The zero-order chi connectivity index (χ0) is 18.1. The van der Waals surface area contributed by atoms with E-state index in [-0.39, 0.29) is 0 Å². The Bertz CT molecular complexity index is 1200. The van der Waals surface area contributed by atoms with Crippen LogP contribution in [0.25, 0.3) is 33.6 Å². The molecule has 4 heteroatoms. The van der Waals surface area contributed by atoms with Crippen molar-refractivity contribution in [1.29, 1.82) is 5.26 Å². The summed E-state index contributed by atoms with van der Waals surface area (Å²) >= 11 is 0. The minimum absolute atomic E-state index is 0.514. The van der Waals surface area contributed by atoms with Crippen molar-refractivity contribution in [2.45, 2.75) is 13.5 Å². The van der Waals surface area contributed by atoms with Crippen molar-refractivity contribution < 1.29 is 0 Å². The van der Waals surface area contributed by atoms with Crippen LogP contribution in [-0.2, 0) is 6.54 Å². The molecule has 4 aromatic rings. The zero-order valence-electron chi connectivity index (χ0n) is 14.5. The third-order valence-electron chi connectivity index (χ3n) is 4.46. The molecule has 0 atom stereocenters. The lowest BCUT2D eigenvalue weighted by Crippen LogP contribution is -1.91. The predicted molar refractivity (Wildman–Crippen MR) is 106 cm³/mol. The van der Waals surface area contributed by atoms with Crippen molar-refractivity contribution in [2.75, 3.05) is 0 Å². The number of H-pyrrole nitrogens is 1. The summed E-state index contributed by atoms with van der Waals surface area (Å²) in [7, 11) is 0. The molecule has 0 aliphatic carbocycles. The Hall–Kier alpha value is -3.58. The number of aromatic amines is 1. The van der Waals surface area contributed by atoms with Gasteiger partial charge >= 0.3 is 0 Å². The highest BCUT2D eigenvalue weighted by Crippen LogP contribution is 2.26. The van der Waals surface area contributed by atoms with Crippen LogP contribution in [0.15, 0.2) is 61.3 Å². The number of para-hydroxylation sites is 1. The summed E-state index contributed by atoms with van der Waals surface area (Å²) < 4.78 is 2.13. The summed E-state index contributed by atoms with van der Waals surface area (Å²) in [6.45, 7) is 6.58. The molecule has 4 nitrogen and oxygen atoms in total. The first-order valence-corrected chi connectivity index (χ1v) is 8.47. The number of nitrogens with zero attached hydrogens (tertiary/aromatic N) is 3. The van der Waals surface area contributed by atoms with E-state index in [1.165, 1.54) is 0 Å². The van der Waals surface area contributed by atoms with Gasteiger partial charge in [-0.1, -0.05) is 30.3 Å². The monoisotopic (exact) mass is 338 g/mol. The Morgan fingerprint density at radius 1 is 1.31 bits per heavy atom. The number of aryl methyl sites for hydroxylation is 1. The maximum Gasteiger partial charge on any atom is 0.149 e. The molecule has 0 spiro atoms. The van der Waals surface area contributed by atoms with Gasteiger partial charge in [0.15, 0.2) is 0 Å². The Morgan fingerprint density at radius 2 is 2.15 bits per heavy atom. The minimum atomic E-state index is 0.514. The number of aromatic nitrogens is 3. The average molecular weight is 338 g/mol. The standard InChI is InChI=1S/C22H18N4/c1-3-10-26-14-17(18-6-4-5-7-21(18)26)12-16(13-23)22-24-19-9-8-15(2)11-20(19)25-22/h3-9,11-12,14H,1,10H2,2H3,(H,24,25). The van der Waals surface area contributed by atoms with E-state index in [9.17, 15) is 5.26 Å². The molecule has 4 rings (SSSR count). The van der Waals surface area contributed by atoms with Gasteiger partial charge in [-0.25, -0.2) is 4.98 Å². The Morgan fingerprint density at radius 3 is 2.96 bits per heavy atom. The van der Waals surface area contributed by atoms with Crippen molar-refractivity contribution in [1.82, 2.24) is 14.5 Å². The fourth-order valence-electron chi connectivity index (χ4n) is 3.24. The van der Waals surface area contributed by atoms with Gasteiger partial charge in [0.2, 0.25) is 0 Å². The molecule has 2 aromatic carbocycles. The molecule has 0 fully saturated rings. The first kappa shape index (κ1) is 15.9. The minimum Gasteiger partial charge on any atom is -0.343 e. The Labute approximate surface area is 151 Å². The number of nitrogens with one attached hydrogen (secondary N) is 1. The van der Waals surface area contributed by atoms with E-state index in [2.05, 4.69) is 45.5 Å². The van der Waals surface area contributed by atoms with E-state index < -0.39 is 0 Å². The summed E-state index contributed by atoms with van der Waals surface area (Å²) in [6, 6.07) is 16.5. The smallest absolute Gasteiger partial charge is 0.149 e. The van der Waals surface area contributed by atoms with E-state index >= 15 is 0 Å². The number of rotatable bonds is 4. The van der Waals surface area contributed by atoms with Gasteiger partial charge in [-0.05, 0) is 36.8 Å². The van der Waals surface area contributed by atoms with E-state index in [4.69, 9.17) is 0 Å². The molecule has 0 unspecified atom stereocenters. The van der Waals surface area contributed by atoms with Gasteiger partial charge in [0.25, 0.3) is 0 Å². The van der Waals surface area contributed by atoms with Crippen LogP contribution in [0.2, 0.25) is 0 Å². The molecule has 0 aliphatic heterocycles. The highest BCUT2D eigenvalue weighted by molar-refractivity contribution is 5.98. The van der Waals surface area contributed by atoms with Crippen molar-refractivity contribution in [2.24, 2.45) is 0 Å². The first-order chi connectivity index (χ1) is 12.7. The molecule has 126 valence electrons. The lowest BCUT2D eigenvalue weighted by molar-refractivity contribution is 0.865. The Kier molecular flexibility index (Phi) is 3.91. The van der Waals surface area contributed by atoms with E-state index in [0.717, 1.165) is 39.6 Å². The summed E-state index contributed by atoms with van der Waals surface area (Å²) in [4.78, 5) is 7.84. The molecule has 0 radical (unpaired) electrons. The second-order valence-electron chi connectivity index (χ2n) is 6.32. The number of fused-ring (bicyclic) bond motifs is 2. The van der Waals surface area contributed by atoms with E-state index in [1.807, 2.05) is 49.4 Å². The number of benzene rings is 2. The quantitative estimate of drug-likeness (QED) is 0.417. The fraction of sp³-hybridized carbons (Fsp3) is 0.0909. The highest BCUT2D eigenvalue weighted by atomic mass is 15.0. The normalized spacial score (nSPS) is 11.8. The van der Waals surface area contributed by atoms with Gasteiger partial charge in [0.05, 0.1) is 16.6 Å². The van der Waals surface area contributed by atoms with Crippen LogP contribution in [0.4, 0.5) is 0 Å². The molecule has 2 heterocycles. The van der Waals surface area contributed by atoms with Crippen LogP contribution in [0.1, 0.15) is 17.0 Å². The molecular formula is C22H18N4. The SMILES string of the molecule is C=CCn1cc(C=C(C#N)c2nc3ccc(C)cc3[nH]2)c2ccccc21. The summed E-state index contributed by atoms with van der Waals surface area (Å²) in [6.07, 6.45) is 5.82. The fourth-order valence-corrected chi connectivity index (χ4v) is 3.24. The van der Waals surface area contributed by atoms with Crippen molar-refractivity contribution in [3.63, 3.8) is 0 Å². The molecule has 0 saturated heterocycles. The maximum atomic E-state index is 9.70. The lowest BCUT2D eigenvalue weighted by atomic mass is 10.1. The number of hydrogen-bond donors (Lipinski definition) is 1. The van der Waals surface area contributed by atoms with Crippen molar-refractivity contribution >= 4 is 33.6 Å². The van der Waals surface area contributed by atoms with Gasteiger partial charge < -0.3 is 9.55 Å². The molecular weight excluding hydrogens is 320 g/mol. The van der Waals surface area contributed by atoms with Gasteiger partial charge in [0.1, 0.15) is 11.9 Å². The number of nitriles is 1. The largest absolute Gasteiger partial charge is 0.343 e. The van der Waals surface area contributed by atoms with Gasteiger partial charge in [0, 0.05) is 29.2 Å². The third-order valence-corrected chi connectivity index (χ3v) is 4.46. The number of allylic oxidation sites excluding steroid dienone is 2. The number of hydrogen-bond acceptors (Lipinski definition) is 2. The average Bonchev–Trinajstić information content (AvgIpc) is 3.21. The summed E-state index contributed by atoms with van der Waals surface area (Å²) in [5, 5.41) is 10.8. The molecule has 0 saturated carbocycles. The van der Waals surface area contributed by atoms with Crippen LogP contribution in [0, 0.1) is 18.3 Å². The second-order valence-corrected chi connectivity index (χ2v) is 6.32.